The van der Waals surface area contributed by atoms with Crippen molar-refractivity contribution in [3.63, 3.8) is 0 Å². The van der Waals surface area contributed by atoms with Gasteiger partial charge in [-0.2, -0.15) is 0 Å². The number of nitrogens with zero attached hydrogens (tertiary/aromatic N) is 1. The number of nitrogens with one attached hydrogen (secondary N) is 1. The van der Waals surface area contributed by atoms with E-state index in [4.69, 9.17) is 5.73 Å². The number of piperidine rings is 1. The molecule has 0 aromatic carbocycles. The van der Waals surface area contributed by atoms with Crippen LogP contribution in [0, 0.1) is 5.92 Å². The van der Waals surface area contributed by atoms with Gasteiger partial charge in [-0.05, 0) is 44.8 Å². The van der Waals surface area contributed by atoms with E-state index in [0.29, 0.717) is 18.9 Å². The van der Waals surface area contributed by atoms with E-state index >= 15 is 0 Å². The Kier molecular flexibility index (Phi) is 4.81. The number of carbonyl (C=O) groups excluding carboxylic acids is 1. The first-order chi connectivity index (χ1) is 8.98. The summed E-state index contributed by atoms with van der Waals surface area (Å²) in [7, 11) is -2.93. The van der Waals surface area contributed by atoms with Crippen LogP contribution in [-0.4, -0.2) is 63.0 Å². The number of hydrogen-bond acceptors (Lipinski definition) is 5. The lowest BCUT2D eigenvalue weighted by molar-refractivity contribution is -0.123. The van der Waals surface area contributed by atoms with Crippen LogP contribution in [0.5, 0.6) is 0 Å². The Morgan fingerprint density at radius 3 is 2.47 bits per heavy atom. The van der Waals surface area contributed by atoms with E-state index in [9.17, 15) is 13.2 Å². The fourth-order valence-corrected chi connectivity index (χ4v) is 4.44. The van der Waals surface area contributed by atoms with Gasteiger partial charge >= 0.3 is 0 Å². The SMILES string of the molecule is NCC1CCN(CC(=O)NC2CCS(=O)(=O)C2)CC1. The molecule has 3 N–H and O–H groups in total. The van der Waals surface area contributed by atoms with Crippen LogP contribution in [0.15, 0.2) is 0 Å². The molecule has 2 heterocycles. The zero-order valence-corrected chi connectivity index (χ0v) is 12.0. The molecular formula is C12H23N3O3S. The van der Waals surface area contributed by atoms with E-state index in [-0.39, 0.29) is 23.5 Å². The molecule has 19 heavy (non-hydrogen) atoms. The van der Waals surface area contributed by atoms with Gasteiger partial charge in [0.25, 0.3) is 0 Å². The second kappa shape index (κ2) is 6.19. The first-order valence-electron chi connectivity index (χ1n) is 6.91. The average Bonchev–Trinajstić information content (AvgIpc) is 2.69. The fraction of sp³-hybridized carbons (Fsp3) is 0.917. The molecule has 2 saturated heterocycles. The molecule has 0 aromatic heterocycles. The predicted octanol–water partition coefficient (Wildman–Crippen LogP) is -1.04. The van der Waals surface area contributed by atoms with Gasteiger partial charge in [0.15, 0.2) is 9.84 Å². The van der Waals surface area contributed by atoms with Crippen molar-refractivity contribution in [3.8, 4) is 0 Å². The summed E-state index contributed by atoms with van der Waals surface area (Å²) in [6.45, 7) is 2.89. The van der Waals surface area contributed by atoms with Gasteiger partial charge < -0.3 is 11.1 Å². The van der Waals surface area contributed by atoms with E-state index < -0.39 is 9.84 Å². The lowest BCUT2D eigenvalue weighted by Crippen LogP contribution is -2.45. The summed E-state index contributed by atoms with van der Waals surface area (Å²) >= 11 is 0. The highest BCUT2D eigenvalue weighted by Gasteiger charge is 2.29. The van der Waals surface area contributed by atoms with Gasteiger partial charge in [0.05, 0.1) is 18.1 Å². The molecular weight excluding hydrogens is 266 g/mol. The summed E-state index contributed by atoms with van der Waals surface area (Å²) in [5.74, 6) is 0.806. The van der Waals surface area contributed by atoms with E-state index in [1.807, 2.05) is 0 Å². The third kappa shape index (κ3) is 4.43. The van der Waals surface area contributed by atoms with Crippen LogP contribution in [0.4, 0.5) is 0 Å². The summed E-state index contributed by atoms with van der Waals surface area (Å²) in [5.41, 5.74) is 5.63. The summed E-state index contributed by atoms with van der Waals surface area (Å²) in [6, 6.07) is -0.195. The van der Waals surface area contributed by atoms with Crippen molar-refractivity contribution < 1.29 is 13.2 Å². The van der Waals surface area contributed by atoms with Crippen molar-refractivity contribution in [2.24, 2.45) is 11.7 Å². The van der Waals surface area contributed by atoms with Crippen LogP contribution < -0.4 is 11.1 Å². The second-order valence-electron chi connectivity index (χ2n) is 5.62. The smallest absolute Gasteiger partial charge is 0.234 e. The third-order valence-electron chi connectivity index (χ3n) is 4.01. The molecule has 7 heteroatoms. The highest BCUT2D eigenvalue weighted by molar-refractivity contribution is 7.91. The number of sulfone groups is 1. The zero-order valence-electron chi connectivity index (χ0n) is 11.2. The molecule has 2 aliphatic heterocycles. The van der Waals surface area contributed by atoms with E-state index in [2.05, 4.69) is 10.2 Å². The van der Waals surface area contributed by atoms with Crippen molar-refractivity contribution in [2.75, 3.05) is 37.7 Å². The highest BCUT2D eigenvalue weighted by atomic mass is 32.2. The zero-order chi connectivity index (χ0) is 13.9. The van der Waals surface area contributed by atoms with Crippen LogP contribution in [-0.2, 0) is 14.6 Å². The molecule has 1 unspecified atom stereocenters. The van der Waals surface area contributed by atoms with Gasteiger partial charge in [0.2, 0.25) is 5.91 Å². The van der Waals surface area contributed by atoms with E-state index in [0.717, 1.165) is 32.5 Å². The third-order valence-corrected chi connectivity index (χ3v) is 5.77. The predicted molar refractivity (Wildman–Crippen MR) is 73.4 cm³/mol. The molecule has 1 amide bonds. The van der Waals surface area contributed by atoms with Crippen LogP contribution >= 0.6 is 0 Å². The molecule has 2 rings (SSSR count). The van der Waals surface area contributed by atoms with Crippen molar-refractivity contribution in [3.05, 3.63) is 0 Å². The van der Waals surface area contributed by atoms with Crippen molar-refractivity contribution >= 4 is 15.7 Å². The second-order valence-corrected chi connectivity index (χ2v) is 7.85. The van der Waals surface area contributed by atoms with Crippen LogP contribution in [0.25, 0.3) is 0 Å². The minimum Gasteiger partial charge on any atom is -0.351 e. The standard InChI is InChI=1S/C12H23N3O3S/c13-7-10-1-4-15(5-2-10)8-12(16)14-11-3-6-19(17,18)9-11/h10-11H,1-9,13H2,(H,14,16). The number of amides is 1. The number of likely N-dealkylation sites (tertiary alicyclic amines) is 1. The molecule has 2 fully saturated rings. The Morgan fingerprint density at radius 1 is 1.26 bits per heavy atom. The highest BCUT2D eigenvalue weighted by Crippen LogP contribution is 2.15. The monoisotopic (exact) mass is 289 g/mol. The fourth-order valence-electron chi connectivity index (χ4n) is 2.77. The van der Waals surface area contributed by atoms with Gasteiger partial charge in [-0.1, -0.05) is 0 Å². The van der Waals surface area contributed by atoms with E-state index in [1.54, 1.807) is 0 Å². The molecule has 0 saturated carbocycles. The summed E-state index contributed by atoms with van der Waals surface area (Å²) in [6.07, 6.45) is 2.63. The minimum absolute atomic E-state index is 0.0618. The molecule has 6 nitrogen and oxygen atoms in total. The number of nitrogens with two attached hydrogens (primary N) is 1. The number of hydrogen-bond donors (Lipinski definition) is 2. The number of carbonyl (C=O) groups is 1. The quantitative estimate of drug-likeness (QED) is 0.690. The Hall–Kier alpha value is -0.660. The van der Waals surface area contributed by atoms with Crippen molar-refractivity contribution in [1.29, 1.82) is 0 Å². The Morgan fingerprint density at radius 2 is 1.95 bits per heavy atom. The minimum atomic E-state index is -2.93. The molecule has 110 valence electrons. The van der Waals surface area contributed by atoms with E-state index in [1.165, 1.54) is 0 Å². The maximum atomic E-state index is 11.9. The molecule has 0 spiro atoms. The maximum Gasteiger partial charge on any atom is 0.234 e. The van der Waals surface area contributed by atoms with Gasteiger partial charge in [0.1, 0.15) is 0 Å². The van der Waals surface area contributed by atoms with Crippen LogP contribution in [0.3, 0.4) is 0 Å². The maximum absolute atomic E-state index is 11.9. The molecule has 0 aliphatic carbocycles. The topological polar surface area (TPSA) is 92.5 Å². The summed E-state index contributed by atoms with van der Waals surface area (Å²) < 4.78 is 22.6. The van der Waals surface area contributed by atoms with Gasteiger partial charge in [-0.15, -0.1) is 0 Å². The van der Waals surface area contributed by atoms with Crippen LogP contribution in [0.1, 0.15) is 19.3 Å². The molecule has 0 aromatic rings. The van der Waals surface area contributed by atoms with Gasteiger partial charge in [0, 0.05) is 6.04 Å². The van der Waals surface area contributed by atoms with Gasteiger partial charge in [-0.25, -0.2) is 8.42 Å². The lowest BCUT2D eigenvalue weighted by Gasteiger charge is -2.30. The molecule has 0 radical (unpaired) electrons. The Labute approximate surface area is 114 Å². The Bertz CT molecular complexity index is 416. The lowest BCUT2D eigenvalue weighted by atomic mass is 9.97. The van der Waals surface area contributed by atoms with Gasteiger partial charge in [-0.3, -0.25) is 9.69 Å². The largest absolute Gasteiger partial charge is 0.351 e. The Balaban J connectivity index is 1.71. The van der Waals surface area contributed by atoms with Crippen LogP contribution in [0.2, 0.25) is 0 Å². The summed E-state index contributed by atoms with van der Waals surface area (Å²) in [4.78, 5) is 14.0. The number of rotatable bonds is 4. The van der Waals surface area contributed by atoms with Crippen molar-refractivity contribution in [1.82, 2.24) is 10.2 Å². The molecule has 0 bridgehead atoms. The normalized spacial score (nSPS) is 28.4. The molecule has 2 aliphatic rings. The summed E-state index contributed by atoms with van der Waals surface area (Å²) in [5, 5.41) is 2.82. The average molecular weight is 289 g/mol. The first-order valence-corrected chi connectivity index (χ1v) is 8.73. The molecule has 1 atom stereocenters. The first kappa shape index (κ1) is 14.7. The van der Waals surface area contributed by atoms with Crippen molar-refractivity contribution in [2.45, 2.75) is 25.3 Å².